The number of fused-ring (bicyclic) bond motifs is 5. The van der Waals surface area contributed by atoms with Crippen molar-refractivity contribution in [1.82, 2.24) is 9.88 Å². The standard InChI is InChI=1S/C26H30N2O4/c1-5-16-13-28-10-8-19-23-22(30-3)7-6-18(17-9-11-32-14-17)25(23)27-24(19)21(28)12-20(16)15(2)26(29)31-4/h6-7,9,11,14,16,20-21,27H,2,5,8,10,12-13H2,1,3-4H3/t16-,20-,21+/m1/s1. The van der Waals surface area contributed by atoms with E-state index in [1.165, 1.54) is 18.4 Å². The largest absolute Gasteiger partial charge is 0.496 e. The number of carbonyl (C=O) groups is 1. The Kier molecular flexibility index (Phi) is 5.33. The van der Waals surface area contributed by atoms with E-state index in [2.05, 4.69) is 29.5 Å². The molecule has 0 aliphatic carbocycles. The van der Waals surface area contributed by atoms with Crippen LogP contribution in [0.15, 0.2) is 47.3 Å². The number of esters is 1. The summed E-state index contributed by atoms with van der Waals surface area (Å²) in [5, 5.41) is 1.15. The molecule has 6 nitrogen and oxygen atoms in total. The lowest BCUT2D eigenvalue weighted by atomic mass is 9.74. The molecule has 2 aliphatic rings. The van der Waals surface area contributed by atoms with E-state index in [1.54, 1.807) is 19.6 Å². The molecule has 0 bridgehead atoms. The third kappa shape index (κ3) is 3.16. The SMILES string of the molecule is C=C(C(=O)OC)[C@H]1C[C@H]2c3[nH]c4c(-c5ccoc5)ccc(OC)c4c3CCN2C[C@H]1CC. The minimum atomic E-state index is -0.293. The van der Waals surface area contributed by atoms with Crippen LogP contribution in [0.2, 0.25) is 0 Å². The number of rotatable bonds is 5. The first-order valence-electron chi connectivity index (χ1n) is 11.3. The summed E-state index contributed by atoms with van der Waals surface area (Å²) in [5.41, 5.74) is 6.38. The van der Waals surface area contributed by atoms with Gasteiger partial charge in [0.15, 0.2) is 0 Å². The predicted octanol–water partition coefficient (Wildman–Crippen LogP) is 5.11. The summed E-state index contributed by atoms with van der Waals surface area (Å²) in [4.78, 5) is 18.6. The van der Waals surface area contributed by atoms with Crippen LogP contribution >= 0.6 is 0 Å². The predicted molar refractivity (Wildman–Crippen MR) is 124 cm³/mol. The maximum Gasteiger partial charge on any atom is 0.333 e. The molecule has 1 aromatic carbocycles. The van der Waals surface area contributed by atoms with Crippen LogP contribution in [0.25, 0.3) is 22.0 Å². The van der Waals surface area contributed by atoms with Gasteiger partial charge in [-0.25, -0.2) is 4.79 Å². The van der Waals surface area contributed by atoms with E-state index < -0.39 is 0 Å². The molecule has 2 aromatic heterocycles. The van der Waals surface area contributed by atoms with Crippen molar-refractivity contribution in [3.05, 3.63) is 54.1 Å². The fourth-order valence-electron chi connectivity index (χ4n) is 5.79. The molecule has 0 saturated carbocycles. The van der Waals surface area contributed by atoms with Gasteiger partial charge < -0.3 is 18.9 Å². The van der Waals surface area contributed by atoms with Crippen molar-refractivity contribution in [2.24, 2.45) is 11.8 Å². The quantitative estimate of drug-likeness (QED) is 0.446. The molecule has 1 fully saturated rings. The van der Waals surface area contributed by atoms with Crippen molar-refractivity contribution in [3.63, 3.8) is 0 Å². The van der Waals surface area contributed by atoms with Crippen molar-refractivity contribution < 1.29 is 18.7 Å². The molecule has 0 radical (unpaired) electrons. The Hall–Kier alpha value is -2.99. The highest BCUT2D eigenvalue weighted by molar-refractivity contribution is 6.01. The highest BCUT2D eigenvalue weighted by Crippen LogP contribution is 2.48. The highest BCUT2D eigenvalue weighted by atomic mass is 16.5. The maximum absolute atomic E-state index is 12.3. The van der Waals surface area contributed by atoms with Crippen LogP contribution in [0.3, 0.4) is 0 Å². The van der Waals surface area contributed by atoms with E-state index in [0.717, 1.165) is 60.1 Å². The average molecular weight is 435 g/mol. The molecule has 168 valence electrons. The second kappa shape index (κ2) is 8.17. The van der Waals surface area contributed by atoms with Gasteiger partial charge in [0.05, 0.1) is 38.3 Å². The number of nitrogens with one attached hydrogen (secondary N) is 1. The first-order chi connectivity index (χ1) is 15.6. The molecular formula is C26H30N2O4. The molecule has 6 heteroatoms. The Balaban J connectivity index is 1.62. The van der Waals surface area contributed by atoms with Crippen LogP contribution in [0.1, 0.15) is 37.1 Å². The summed E-state index contributed by atoms with van der Waals surface area (Å²) in [6, 6.07) is 6.32. The number of benzene rings is 1. The van der Waals surface area contributed by atoms with Crippen LogP contribution in [0.4, 0.5) is 0 Å². The number of methoxy groups -OCH3 is 2. The number of nitrogens with zero attached hydrogens (tertiary/aromatic N) is 1. The Morgan fingerprint density at radius 3 is 2.84 bits per heavy atom. The van der Waals surface area contributed by atoms with Gasteiger partial charge in [0, 0.05) is 40.9 Å². The number of H-pyrrole nitrogens is 1. The first kappa shape index (κ1) is 20.9. The molecule has 0 spiro atoms. The van der Waals surface area contributed by atoms with Crippen LogP contribution in [-0.2, 0) is 16.0 Å². The van der Waals surface area contributed by atoms with Crippen LogP contribution < -0.4 is 4.74 Å². The van der Waals surface area contributed by atoms with Gasteiger partial charge in [0.25, 0.3) is 0 Å². The molecule has 2 aliphatic heterocycles. The summed E-state index contributed by atoms with van der Waals surface area (Å²) in [5.74, 6) is 1.11. The average Bonchev–Trinajstić information content (AvgIpc) is 3.50. The number of carbonyl (C=O) groups excluding carboxylic acids is 1. The summed E-state index contributed by atoms with van der Waals surface area (Å²) in [7, 11) is 3.16. The van der Waals surface area contributed by atoms with Gasteiger partial charge in [-0.2, -0.15) is 0 Å². The Morgan fingerprint density at radius 2 is 2.16 bits per heavy atom. The maximum atomic E-state index is 12.3. The lowest BCUT2D eigenvalue weighted by molar-refractivity contribution is -0.137. The third-order valence-corrected chi connectivity index (χ3v) is 7.46. The molecule has 32 heavy (non-hydrogen) atoms. The van der Waals surface area contributed by atoms with Gasteiger partial charge in [-0.15, -0.1) is 0 Å². The van der Waals surface area contributed by atoms with E-state index in [0.29, 0.717) is 11.5 Å². The Bertz CT molecular complexity index is 1160. The van der Waals surface area contributed by atoms with Crippen molar-refractivity contribution in [2.75, 3.05) is 27.3 Å². The number of aromatic nitrogens is 1. The van der Waals surface area contributed by atoms with E-state index >= 15 is 0 Å². The molecule has 0 amide bonds. The van der Waals surface area contributed by atoms with E-state index in [4.69, 9.17) is 13.9 Å². The summed E-state index contributed by atoms with van der Waals surface area (Å²) in [6.07, 6.45) is 6.31. The van der Waals surface area contributed by atoms with E-state index in [-0.39, 0.29) is 17.9 Å². The summed E-state index contributed by atoms with van der Waals surface area (Å²) < 4.78 is 16.1. The first-order valence-corrected chi connectivity index (χ1v) is 11.3. The van der Waals surface area contributed by atoms with Crippen molar-refractivity contribution in [1.29, 1.82) is 0 Å². The number of hydrogen-bond acceptors (Lipinski definition) is 5. The fraction of sp³-hybridized carbons (Fsp3) is 0.423. The zero-order valence-electron chi connectivity index (χ0n) is 18.9. The van der Waals surface area contributed by atoms with E-state index in [1.807, 2.05) is 12.1 Å². The van der Waals surface area contributed by atoms with E-state index in [9.17, 15) is 4.79 Å². The molecule has 0 unspecified atom stereocenters. The second-order valence-corrected chi connectivity index (χ2v) is 8.88. The Morgan fingerprint density at radius 1 is 1.31 bits per heavy atom. The number of piperidine rings is 1. The molecular weight excluding hydrogens is 404 g/mol. The molecule has 4 heterocycles. The van der Waals surface area contributed by atoms with Gasteiger partial charge >= 0.3 is 5.97 Å². The molecule has 3 atom stereocenters. The molecule has 5 rings (SSSR count). The lowest BCUT2D eigenvalue weighted by Crippen LogP contribution is -2.46. The minimum absolute atomic E-state index is 0.112. The summed E-state index contributed by atoms with van der Waals surface area (Å²) >= 11 is 0. The van der Waals surface area contributed by atoms with Gasteiger partial charge in [-0.1, -0.05) is 19.9 Å². The van der Waals surface area contributed by atoms with Crippen molar-refractivity contribution >= 4 is 16.9 Å². The second-order valence-electron chi connectivity index (χ2n) is 8.88. The lowest BCUT2D eigenvalue weighted by Gasteiger charge is -2.46. The van der Waals surface area contributed by atoms with Gasteiger partial charge in [0.1, 0.15) is 5.75 Å². The molecule has 1 N–H and O–H groups in total. The molecule has 1 saturated heterocycles. The van der Waals surface area contributed by atoms with Gasteiger partial charge in [-0.3, -0.25) is 4.90 Å². The van der Waals surface area contributed by atoms with Crippen molar-refractivity contribution in [2.45, 2.75) is 32.2 Å². The third-order valence-electron chi connectivity index (χ3n) is 7.46. The monoisotopic (exact) mass is 434 g/mol. The zero-order valence-corrected chi connectivity index (χ0v) is 18.9. The normalized spacial score (nSPS) is 22.9. The van der Waals surface area contributed by atoms with Gasteiger partial charge in [-0.05, 0) is 48.4 Å². The fourth-order valence-corrected chi connectivity index (χ4v) is 5.79. The number of furan rings is 1. The smallest absolute Gasteiger partial charge is 0.333 e. The zero-order chi connectivity index (χ0) is 22.4. The minimum Gasteiger partial charge on any atom is -0.496 e. The molecule has 3 aromatic rings. The number of hydrogen-bond donors (Lipinski definition) is 1. The Labute approximate surface area is 188 Å². The number of aromatic amines is 1. The van der Waals surface area contributed by atoms with Gasteiger partial charge in [0.2, 0.25) is 0 Å². The topological polar surface area (TPSA) is 67.7 Å². The van der Waals surface area contributed by atoms with Crippen molar-refractivity contribution in [3.8, 4) is 16.9 Å². The van der Waals surface area contributed by atoms with Crippen LogP contribution in [0.5, 0.6) is 5.75 Å². The van der Waals surface area contributed by atoms with Crippen LogP contribution in [-0.4, -0.2) is 43.2 Å². The summed E-state index contributed by atoms with van der Waals surface area (Å²) in [6.45, 7) is 8.28. The number of ether oxygens (including phenoxy) is 2. The highest BCUT2D eigenvalue weighted by Gasteiger charge is 2.42. The van der Waals surface area contributed by atoms with Crippen LogP contribution in [0, 0.1) is 11.8 Å².